The van der Waals surface area contributed by atoms with Crippen LogP contribution >= 0.6 is 38.9 Å². The Kier molecular flexibility index (Phi) is 6.63. The molecule has 2 amide bonds. The fourth-order valence-corrected chi connectivity index (χ4v) is 4.21. The molecule has 0 saturated heterocycles. The number of nitrogens with one attached hydrogen (secondary N) is 2. The van der Waals surface area contributed by atoms with Crippen molar-refractivity contribution in [1.29, 1.82) is 0 Å². The molecule has 4 aromatic rings. The summed E-state index contributed by atoms with van der Waals surface area (Å²) in [5.41, 5.74) is 1.12. The van der Waals surface area contributed by atoms with Gasteiger partial charge < -0.3 is 19.5 Å². The Hall–Kier alpha value is -3.08. The first-order valence-corrected chi connectivity index (χ1v) is 11.1. The number of rotatable bonds is 6. The largest absolute Gasteiger partial charge is 0.493 e. The maximum Gasteiger partial charge on any atom is 0.325 e. The SMILES string of the molecule is COc1cc2nccc(Oc3ccc(NC(=O)Nc4ncc(Br)s4)c(Cl)c3)c2cc1OC. The van der Waals surface area contributed by atoms with Crippen LogP contribution in [0.15, 0.2) is 52.6 Å². The van der Waals surface area contributed by atoms with Gasteiger partial charge in [-0.2, -0.15) is 0 Å². The molecule has 0 saturated carbocycles. The van der Waals surface area contributed by atoms with Gasteiger partial charge in [0.1, 0.15) is 11.5 Å². The predicted octanol–water partition coefficient (Wildman–Crippen LogP) is 6.56. The lowest BCUT2D eigenvalue weighted by molar-refractivity contribution is 0.262. The number of carbonyl (C=O) groups excluding carboxylic acids is 1. The van der Waals surface area contributed by atoms with Crippen LogP contribution in [0.4, 0.5) is 15.6 Å². The number of benzene rings is 2. The molecule has 0 fully saturated rings. The first kappa shape index (κ1) is 22.1. The molecule has 2 N–H and O–H groups in total. The first-order valence-electron chi connectivity index (χ1n) is 9.14. The molecule has 8 nitrogen and oxygen atoms in total. The summed E-state index contributed by atoms with van der Waals surface area (Å²) in [6.45, 7) is 0. The summed E-state index contributed by atoms with van der Waals surface area (Å²) in [6, 6.07) is 9.84. The van der Waals surface area contributed by atoms with Gasteiger partial charge in [-0.1, -0.05) is 22.9 Å². The van der Waals surface area contributed by atoms with E-state index in [1.54, 1.807) is 63.0 Å². The molecule has 2 aromatic heterocycles. The molecule has 0 radical (unpaired) electrons. The van der Waals surface area contributed by atoms with E-state index < -0.39 is 6.03 Å². The van der Waals surface area contributed by atoms with Crippen LogP contribution in [-0.2, 0) is 0 Å². The van der Waals surface area contributed by atoms with Gasteiger partial charge in [0.15, 0.2) is 16.6 Å². The molecule has 0 aliphatic heterocycles. The van der Waals surface area contributed by atoms with Crippen LogP contribution in [0.25, 0.3) is 10.9 Å². The molecule has 0 unspecified atom stereocenters. The third kappa shape index (κ3) is 4.87. The highest BCUT2D eigenvalue weighted by atomic mass is 79.9. The van der Waals surface area contributed by atoms with Crippen molar-refractivity contribution < 1.29 is 19.0 Å². The number of carbonyl (C=O) groups is 1. The minimum absolute atomic E-state index is 0.315. The molecular weight excluding hydrogens is 520 g/mol. The average molecular weight is 536 g/mol. The third-order valence-corrected chi connectivity index (χ3v) is 6.03. The first-order chi connectivity index (χ1) is 15.5. The van der Waals surface area contributed by atoms with Crippen molar-refractivity contribution in [1.82, 2.24) is 9.97 Å². The van der Waals surface area contributed by atoms with Crippen molar-refractivity contribution >= 4 is 66.6 Å². The Bertz CT molecular complexity index is 1300. The maximum atomic E-state index is 12.2. The van der Waals surface area contributed by atoms with E-state index in [4.69, 9.17) is 25.8 Å². The Morgan fingerprint density at radius 2 is 1.81 bits per heavy atom. The number of hydrogen-bond acceptors (Lipinski definition) is 7. The zero-order valence-electron chi connectivity index (χ0n) is 16.8. The number of urea groups is 1. The lowest BCUT2D eigenvalue weighted by Crippen LogP contribution is -2.19. The highest BCUT2D eigenvalue weighted by molar-refractivity contribution is 9.11. The lowest BCUT2D eigenvalue weighted by Gasteiger charge is -2.13. The van der Waals surface area contributed by atoms with Crippen LogP contribution in [0.5, 0.6) is 23.0 Å². The van der Waals surface area contributed by atoms with Crippen molar-refractivity contribution in [2.24, 2.45) is 0 Å². The summed E-state index contributed by atoms with van der Waals surface area (Å²) in [6.07, 6.45) is 3.25. The molecule has 11 heteroatoms. The van der Waals surface area contributed by atoms with Gasteiger partial charge in [-0.05, 0) is 40.2 Å². The van der Waals surface area contributed by atoms with Crippen molar-refractivity contribution in [2.75, 3.05) is 24.9 Å². The van der Waals surface area contributed by atoms with E-state index in [1.807, 2.05) is 0 Å². The third-order valence-electron chi connectivity index (χ3n) is 4.32. The van der Waals surface area contributed by atoms with Gasteiger partial charge in [-0.15, -0.1) is 0 Å². The Morgan fingerprint density at radius 3 is 2.50 bits per heavy atom. The summed E-state index contributed by atoms with van der Waals surface area (Å²) in [5.74, 6) is 2.20. The molecule has 32 heavy (non-hydrogen) atoms. The van der Waals surface area contributed by atoms with Gasteiger partial charge in [-0.25, -0.2) is 9.78 Å². The maximum absolute atomic E-state index is 12.2. The fraction of sp³-hybridized carbons (Fsp3) is 0.0952. The second-order valence-electron chi connectivity index (χ2n) is 6.33. The molecule has 0 bridgehead atoms. The number of ether oxygens (including phenoxy) is 3. The van der Waals surface area contributed by atoms with Gasteiger partial charge >= 0.3 is 6.03 Å². The predicted molar refractivity (Wildman–Crippen MR) is 129 cm³/mol. The zero-order valence-corrected chi connectivity index (χ0v) is 20.0. The van der Waals surface area contributed by atoms with Crippen LogP contribution in [-0.4, -0.2) is 30.2 Å². The number of amides is 2. The number of pyridine rings is 1. The highest BCUT2D eigenvalue weighted by Crippen LogP contribution is 2.38. The van der Waals surface area contributed by atoms with Crippen molar-refractivity contribution in [2.45, 2.75) is 0 Å². The van der Waals surface area contributed by atoms with E-state index in [1.165, 1.54) is 11.3 Å². The summed E-state index contributed by atoms with van der Waals surface area (Å²) in [7, 11) is 3.13. The zero-order chi connectivity index (χ0) is 22.7. The summed E-state index contributed by atoms with van der Waals surface area (Å²) < 4.78 is 17.6. The molecule has 0 spiro atoms. The van der Waals surface area contributed by atoms with Crippen LogP contribution in [0.2, 0.25) is 5.02 Å². The topological polar surface area (TPSA) is 94.6 Å². The molecule has 0 aliphatic carbocycles. The van der Waals surface area contributed by atoms with E-state index in [0.29, 0.717) is 44.4 Å². The molecule has 4 rings (SSSR count). The Balaban J connectivity index is 1.53. The number of fused-ring (bicyclic) bond motifs is 1. The number of thiazole rings is 1. The quantitative estimate of drug-likeness (QED) is 0.290. The molecule has 0 aliphatic rings. The number of nitrogens with zero attached hydrogens (tertiary/aromatic N) is 2. The number of anilines is 2. The number of halogens is 2. The summed E-state index contributed by atoms with van der Waals surface area (Å²) >= 11 is 11.0. The van der Waals surface area contributed by atoms with Crippen LogP contribution in [0.3, 0.4) is 0 Å². The molecular formula is C21H16BrClN4O4S. The highest BCUT2D eigenvalue weighted by Gasteiger charge is 2.13. The number of methoxy groups -OCH3 is 2. The second-order valence-corrected chi connectivity index (χ2v) is 9.14. The minimum Gasteiger partial charge on any atom is -0.493 e. The van der Waals surface area contributed by atoms with Gasteiger partial charge in [0.25, 0.3) is 0 Å². The van der Waals surface area contributed by atoms with Gasteiger partial charge in [-0.3, -0.25) is 10.3 Å². The normalized spacial score (nSPS) is 10.6. The fourth-order valence-electron chi connectivity index (χ4n) is 2.89. The Morgan fingerprint density at radius 1 is 1.03 bits per heavy atom. The molecule has 0 atom stereocenters. The smallest absolute Gasteiger partial charge is 0.325 e. The van der Waals surface area contributed by atoms with E-state index >= 15 is 0 Å². The van der Waals surface area contributed by atoms with E-state index in [9.17, 15) is 4.79 Å². The molecule has 2 heterocycles. The monoisotopic (exact) mass is 534 g/mol. The summed E-state index contributed by atoms with van der Waals surface area (Å²) in [4.78, 5) is 20.6. The average Bonchev–Trinajstić information content (AvgIpc) is 3.19. The van der Waals surface area contributed by atoms with Gasteiger partial charge in [0.2, 0.25) is 0 Å². The van der Waals surface area contributed by atoms with E-state index in [-0.39, 0.29) is 0 Å². The lowest BCUT2D eigenvalue weighted by atomic mass is 10.2. The standard InChI is InChI=1S/C21H16BrClN4O4S/c1-29-17-8-12-15(9-18(17)30-2)24-6-5-16(12)31-11-3-4-14(13(23)7-11)26-20(28)27-21-25-10-19(22)32-21/h3-10H,1-2H3,(H2,25,26,27,28). The second kappa shape index (κ2) is 9.60. The molecule has 164 valence electrons. The van der Waals surface area contributed by atoms with Crippen LogP contribution in [0.1, 0.15) is 0 Å². The van der Waals surface area contributed by atoms with Gasteiger partial charge in [0.05, 0.1) is 40.4 Å². The van der Waals surface area contributed by atoms with Crippen molar-refractivity contribution in [3.8, 4) is 23.0 Å². The van der Waals surface area contributed by atoms with Crippen molar-refractivity contribution in [3.63, 3.8) is 0 Å². The van der Waals surface area contributed by atoms with Crippen molar-refractivity contribution in [3.05, 3.63) is 57.6 Å². The minimum atomic E-state index is -0.455. The van der Waals surface area contributed by atoms with E-state index in [0.717, 1.165) is 9.17 Å². The van der Waals surface area contributed by atoms with Gasteiger partial charge in [0, 0.05) is 23.7 Å². The Labute approximate surface area is 200 Å². The van der Waals surface area contributed by atoms with Crippen LogP contribution in [0, 0.1) is 0 Å². The summed E-state index contributed by atoms with van der Waals surface area (Å²) in [5, 5.41) is 6.85. The van der Waals surface area contributed by atoms with E-state index in [2.05, 4.69) is 36.5 Å². The number of aromatic nitrogens is 2. The van der Waals surface area contributed by atoms with Crippen LogP contribution < -0.4 is 24.8 Å². The molecule has 2 aromatic carbocycles. The number of hydrogen-bond donors (Lipinski definition) is 2.